The van der Waals surface area contributed by atoms with Crippen molar-refractivity contribution in [2.75, 3.05) is 7.11 Å². The highest BCUT2D eigenvalue weighted by Crippen LogP contribution is 2.28. The van der Waals surface area contributed by atoms with Gasteiger partial charge in [0.25, 0.3) is 0 Å². The molecule has 0 aromatic heterocycles. The molecule has 0 N–H and O–H groups in total. The van der Waals surface area contributed by atoms with Crippen molar-refractivity contribution in [2.45, 2.75) is 26.7 Å². The van der Waals surface area contributed by atoms with Gasteiger partial charge in [-0.25, -0.2) is 0 Å². The van der Waals surface area contributed by atoms with Gasteiger partial charge >= 0.3 is 5.97 Å². The SMILES string of the molecule is CCc1ccc(CC(=O)Oc2ccc(C)cc2OC)cc1. The van der Waals surface area contributed by atoms with Crippen LogP contribution in [0.5, 0.6) is 11.5 Å². The van der Waals surface area contributed by atoms with Gasteiger partial charge in [-0.2, -0.15) is 0 Å². The van der Waals surface area contributed by atoms with E-state index >= 15 is 0 Å². The van der Waals surface area contributed by atoms with Crippen LogP contribution in [0.4, 0.5) is 0 Å². The molecule has 0 unspecified atom stereocenters. The van der Waals surface area contributed by atoms with Gasteiger partial charge in [0.1, 0.15) is 0 Å². The molecule has 0 spiro atoms. The van der Waals surface area contributed by atoms with Crippen LogP contribution in [0.2, 0.25) is 0 Å². The normalized spacial score (nSPS) is 10.2. The number of carbonyl (C=O) groups is 1. The Hall–Kier alpha value is -2.29. The van der Waals surface area contributed by atoms with E-state index in [0.29, 0.717) is 11.5 Å². The van der Waals surface area contributed by atoms with E-state index in [9.17, 15) is 4.79 Å². The van der Waals surface area contributed by atoms with E-state index in [-0.39, 0.29) is 12.4 Å². The first-order valence-corrected chi connectivity index (χ1v) is 7.05. The summed E-state index contributed by atoms with van der Waals surface area (Å²) in [5, 5.41) is 0. The minimum absolute atomic E-state index is 0.251. The number of methoxy groups -OCH3 is 1. The maximum Gasteiger partial charge on any atom is 0.315 e. The Bertz CT molecular complexity index is 615. The molecule has 0 bridgehead atoms. The second kappa shape index (κ2) is 6.93. The molecule has 3 heteroatoms. The minimum Gasteiger partial charge on any atom is -0.493 e. The van der Waals surface area contributed by atoms with Crippen molar-refractivity contribution >= 4 is 5.97 Å². The summed E-state index contributed by atoms with van der Waals surface area (Å²) < 4.78 is 10.6. The quantitative estimate of drug-likeness (QED) is 0.620. The minimum atomic E-state index is -0.290. The fourth-order valence-electron chi connectivity index (χ4n) is 2.08. The van der Waals surface area contributed by atoms with Crippen LogP contribution in [-0.4, -0.2) is 13.1 Å². The Balaban J connectivity index is 2.04. The highest BCUT2D eigenvalue weighted by Gasteiger charge is 2.11. The molecule has 0 atom stereocenters. The number of carbonyl (C=O) groups excluding carboxylic acids is 1. The summed E-state index contributed by atoms with van der Waals surface area (Å²) in [5.74, 6) is 0.740. The highest BCUT2D eigenvalue weighted by atomic mass is 16.6. The average molecular weight is 284 g/mol. The van der Waals surface area contributed by atoms with E-state index in [4.69, 9.17) is 9.47 Å². The molecule has 0 saturated heterocycles. The lowest BCUT2D eigenvalue weighted by molar-refractivity contribution is -0.133. The van der Waals surface area contributed by atoms with Crippen molar-refractivity contribution in [1.29, 1.82) is 0 Å². The zero-order chi connectivity index (χ0) is 15.2. The molecule has 0 fully saturated rings. The number of benzene rings is 2. The number of aryl methyl sites for hydroxylation is 2. The van der Waals surface area contributed by atoms with Gasteiger partial charge in [-0.3, -0.25) is 4.79 Å². The Morgan fingerprint density at radius 2 is 1.67 bits per heavy atom. The second-order valence-corrected chi connectivity index (χ2v) is 4.98. The molecule has 0 saturated carbocycles. The molecule has 2 aromatic carbocycles. The van der Waals surface area contributed by atoms with Gasteiger partial charge in [0.15, 0.2) is 11.5 Å². The van der Waals surface area contributed by atoms with Crippen molar-refractivity contribution < 1.29 is 14.3 Å². The molecular weight excluding hydrogens is 264 g/mol. The molecular formula is C18H20O3. The maximum atomic E-state index is 12.0. The van der Waals surface area contributed by atoms with Crippen LogP contribution in [0.15, 0.2) is 42.5 Å². The molecule has 0 aliphatic heterocycles. The third-order valence-corrected chi connectivity index (χ3v) is 3.32. The predicted molar refractivity (Wildman–Crippen MR) is 82.9 cm³/mol. The van der Waals surface area contributed by atoms with Crippen LogP contribution in [0.1, 0.15) is 23.6 Å². The van der Waals surface area contributed by atoms with E-state index in [0.717, 1.165) is 17.5 Å². The van der Waals surface area contributed by atoms with E-state index in [2.05, 4.69) is 6.92 Å². The Morgan fingerprint density at radius 3 is 2.29 bits per heavy atom. The smallest absolute Gasteiger partial charge is 0.315 e. The van der Waals surface area contributed by atoms with Crippen LogP contribution >= 0.6 is 0 Å². The van der Waals surface area contributed by atoms with Gasteiger partial charge in [-0.05, 0) is 42.2 Å². The average Bonchev–Trinajstić information content (AvgIpc) is 2.49. The number of hydrogen-bond acceptors (Lipinski definition) is 3. The van der Waals surface area contributed by atoms with Crippen LogP contribution < -0.4 is 9.47 Å². The maximum absolute atomic E-state index is 12.0. The molecule has 110 valence electrons. The van der Waals surface area contributed by atoms with Gasteiger partial charge in [0.05, 0.1) is 13.5 Å². The van der Waals surface area contributed by atoms with Gasteiger partial charge < -0.3 is 9.47 Å². The second-order valence-electron chi connectivity index (χ2n) is 4.98. The standard InChI is InChI=1S/C18H20O3/c1-4-14-6-8-15(9-7-14)12-18(19)21-16-10-5-13(2)11-17(16)20-3/h5-11H,4,12H2,1-3H3. The lowest BCUT2D eigenvalue weighted by Crippen LogP contribution is -2.12. The number of esters is 1. The molecule has 0 amide bonds. The van der Waals surface area contributed by atoms with Crippen molar-refractivity contribution in [1.82, 2.24) is 0 Å². The Labute approximate surface area is 125 Å². The zero-order valence-electron chi connectivity index (χ0n) is 12.7. The summed E-state index contributed by atoms with van der Waals surface area (Å²) in [6.45, 7) is 4.07. The fraction of sp³-hybridized carbons (Fsp3) is 0.278. The molecule has 0 aliphatic carbocycles. The Morgan fingerprint density at radius 1 is 1.00 bits per heavy atom. The van der Waals surface area contributed by atoms with Crippen molar-refractivity contribution in [3.63, 3.8) is 0 Å². The summed E-state index contributed by atoms with van der Waals surface area (Å²) in [6, 6.07) is 13.5. The summed E-state index contributed by atoms with van der Waals surface area (Å²) in [7, 11) is 1.57. The van der Waals surface area contributed by atoms with Gasteiger partial charge in [-0.1, -0.05) is 37.3 Å². The largest absolute Gasteiger partial charge is 0.493 e. The van der Waals surface area contributed by atoms with E-state index < -0.39 is 0 Å². The summed E-state index contributed by atoms with van der Waals surface area (Å²) >= 11 is 0. The third kappa shape index (κ3) is 4.09. The molecule has 0 heterocycles. The topological polar surface area (TPSA) is 35.5 Å². The molecule has 3 nitrogen and oxygen atoms in total. The monoisotopic (exact) mass is 284 g/mol. The van der Waals surface area contributed by atoms with Gasteiger partial charge in [0, 0.05) is 0 Å². The first kappa shape index (κ1) is 15.1. The molecule has 0 aliphatic rings. The predicted octanol–water partition coefficient (Wildman–Crippen LogP) is 3.71. The fourth-order valence-corrected chi connectivity index (χ4v) is 2.08. The van der Waals surface area contributed by atoms with Gasteiger partial charge in [0.2, 0.25) is 0 Å². The van der Waals surface area contributed by atoms with Crippen LogP contribution in [0, 0.1) is 6.92 Å². The first-order chi connectivity index (χ1) is 10.1. The highest BCUT2D eigenvalue weighted by molar-refractivity contribution is 5.76. The molecule has 2 aromatic rings. The number of ether oxygens (including phenoxy) is 2. The summed E-state index contributed by atoms with van der Waals surface area (Å²) in [5.41, 5.74) is 3.26. The van der Waals surface area contributed by atoms with Gasteiger partial charge in [-0.15, -0.1) is 0 Å². The number of rotatable bonds is 5. The van der Waals surface area contributed by atoms with E-state index in [1.165, 1.54) is 5.56 Å². The lowest BCUT2D eigenvalue weighted by atomic mass is 10.1. The van der Waals surface area contributed by atoms with E-state index in [1.54, 1.807) is 13.2 Å². The number of hydrogen-bond donors (Lipinski definition) is 0. The zero-order valence-corrected chi connectivity index (χ0v) is 12.7. The van der Waals surface area contributed by atoms with Crippen LogP contribution in [0.25, 0.3) is 0 Å². The molecule has 21 heavy (non-hydrogen) atoms. The third-order valence-electron chi connectivity index (χ3n) is 3.32. The van der Waals surface area contributed by atoms with Crippen molar-refractivity contribution in [3.8, 4) is 11.5 Å². The van der Waals surface area contributed by atoms with Crippen molar-refractivity contribution in [3.05, 3.63) is 59.2 Å². The molecule has 2 rings (SSSR count). The Kier molecular flexibility index (Phi) is 4.99. The molecule has 0 radical (unpaired) electrons. The summed E-state index contributed by atoms with van der Waals surface area (Å²) in [6.07, 6.45) is 1.24. The van der Waals surface area contributed by atoms with Crippen molar-refractivity contribution in [2.24, 2.45) is 0 Å². The van der Waals surface area contributed by atoms with E-state index in [1.807, 2.05) is 43.3 Å². The lowest BCUT2D eigenvalue weighted by Gasteiger charge is -2.10. The van der Waals surface area contributed by atoms with Crippen LogP contribution in [-0.2, 0) is 17.6 Å². The first-order valence-electron chi connectivity index (χ1n) is 7.05. The van der Waals surface area contributed by atoms with Crippen LogP contribution in [0.3, 0.4) is 0 Å². The summed E-state index contributed by atoms with van der Waals surface area (Å²) in [4.78, 5) is 12.0.